The summed E-state index contributed by atoms with van der Waals surface area (Å²) in [5, 5.41) is 0. The fourth-order valence-corrected chi connectivity index (χ4v) is 2.66. The van der Waals surface area contributed by atoms with E-state index in [0.717, 1.165) is 18.1 Å². The Morgan fingerprint density at radius 3 is 3.00 bits per heavy atom. The highest BCUT2D eigenvalue weighted by molar-refractivity contribution is 7.99. The zero-order valence-corrected chi connectivity index (χ0v) is 8.86. The summed E-state index contributed by atoms with van der Waals surface area (Å²) in [5.41, 5.74) is 1.42. The van der Waals surface area contributed by atoms with Crippen molar-refractivity contribution in [3.63, 3.8) is 0 Å². The van der Waals surface area contributed by atoms with E-state index in [4.69, 9.17) is 4.74 Å². The van der Waals surface area contributed by atoms with Crippen LogP contribution in [0.25, 0.3) is 0 Å². The summed E-state index contributed by atoms with van der Waals surface area (Å²) in [6.45, 7) is 5.30. The lowest BCUT2D eigenvalue weighted by molar-refractivity contribution is 0.329. The number of hydrogen-bond donors (Lipinski definition) is 0. The third kappa shape index (κ3) is 1.68. The van der Waals surface area contributed by atoms with Crippen LogP contribution in [0.15, 0.2) is 23.1 Å². The Morgan fingerprint density at radius 1 is 1.38 bits per heavy atom. The van der Waals surface area contributed by atoms with E-state index >= 15 is 0 Å². The minimum absolute atomic E-state index is 0.587. The molecule has 1 aliphatic heterocycles. The molecule has 1 nitrogen and oxygen atoms in total. The van der Waals surface area contributed by atoms with Gasteiger partial charge >= 0.3 is 0 Å². The normalized spacial score (nSPS) is 15.3. The first kappa shape index (κ1) is 8.95. The van der Waals surface area contributed by atoms with Crippen LogP contribution in [0.4, 0.5) is 0 Å². The molecule has 0 N–H and O–H groups in total. The molecule has 0 amide bonds. The lowest BCUT2D eigenvalue weighted by atomic mass is 10.0. The molecule has 0 saturated heterocycles. The molecule has 0 bridgehead atoms. The molecule has 0 radical (unpaired) electrons. The Labute approximate surface area is 83.5 Å². The Kier molecular flexibility index (Phi) is 2.49. The first-order chi connectivity index (χ1) is 6.29. The molecule has 0 atom stereocenters. The minimum Gasteiger partial charge on any atom is -0.492 e. The lowest BCUT2D eigenvalue weighted by Crippen LogP contribution is -2.08. The van der Waals surface area contributed by atoms with E-state index < -0.39 is 0 Å². The second kappa shape index (κ2) is 3.62. The molecule has 1 aliphatic rings. The Bertz CT molecular complexity index is 307. The molecule has 1 heterocycles. The summed E-state index contributed by atoms with van der Waals surface area (Å²) in [6.07, 6.45) is 0. The van der Waals surface area contributed by atoms with Crippen LogP contribution < -0.4 is 4.74 Å². The van der Waals surface area contributed by atoms with Crippen LogP contribution in [-0.4, -0.2) is 12.4 Å². The molecule has 0 aromatic heterocycles. The second-order valence-corrected chi connectivity index (χ2v) is 4.63. The molecule has 70 valence electrons. The van der Waals surface area contributed by atoms with Gasteiger partial charge in [0, 0.05) is 5.75 Å². The van der Waals surface area contributed by atoms with E-state index in [1.165, 1.54) is 10.5 Å². The van der Waals surface area contributed by atoms with Crippen molar-refractivity contribution in [2.24, 2.45) is 0 Å². The third-order valence-electron chi connectivity index (χ3n) is 2.22. The van der Waals surface area contributed by atoms with Gasteiger partial charge in [-0.3, -0.25) is 0 Å². The van der Waals surface area contributed by atoms with Crippen LogP contribution in [0.3, 0.4) is 0 Å². The molecule has 0 saturated carbocycles. The molecular weight excluding hydrogens is 180 g/mol. The van der Waals surface area contributed by atoms with Crippen molar-refractivity contribution in [1.29, 1.82) is 0 Å². The van der Waals surface area contributed by atoms with Crippen LogP contribution >= 0.6 is 11.8 Å². The highest BCUT2D eigenvalue weighted by Gasteiger charge is 2.15. The predicted molar refractivity (Wildman–Crippen MR) is 56.8 cm³/mol. The zero-order valence-electron chi connectivity index (χ0n) is 8.04. The van der Waals surface area contributed by atoms with Crippen LogP contribution in [0.1, 0.15) is 25.3 Å². The van der Waals surface area contributed by atoms with Gasteiger partial charge < -0.3 is 4.74 Å². The average Bonchev–Trinajstić information content (AvgIpc) is 2.17. The number of fused-ring (bicyclic) bond motifs is 1. The molecule has 1 aromatic carbocycles. The maximum Gasteiger partial charge on any atom is 0.133 e. The van der Waals surface area contributed by atoms with Crippen molar-refractivity contribution in [2.75, 3.05) is 12.4 Å². The van der Waals surface area contributed by atoms with Crippen molar-refractivity contribution >= 4 is 11.8 Å². The van der Waals surface area contributed by atoms with Gasteiger partial charge in [-0.25, -0.2) is 0 Å². The second-order valence-electron chi connectivity index (χ2n) is 3.53. The highest BCUT2D eigenvalue weighted by atomic mass is 32.2. The summed E-state index contributed by atoms with van der Waals surface area (Å²) < 4.78 is 5.59. The molecule has 0 fully saturated rings. The molecule has 0 spiro atoms. The first-order valence-corrected chi connectivity index (χ1v) is 5.66. The fraction of sp³-hybridized carbons (Fsp3) is 0.455. The van der Waals surface area contributed by atoms with E-state index in [1.807, 2.05) is 11.8 Å². The Morgan fingerprint density at radius 2 is 2.23 bits per heavy atom. The summed E-state index contributed by atoms with van der Waals surface area (Å²) in [6, 6.07) is 6.35. The molecule has 2 rings (SSSR count). The van der Waals surface area contributed by atoms with Crippen LogP contribution in [-0.2, 0) is 0 Å². The number of hydrogen-bond acceptors (Lipinski definition) is 2. The molecular formula is C11H14OS. The molecule has 0 aliphatic carbocycles. The maximum absolute atomic E-state index is 5.59. The quantitative estimate of drug-likeness (QED) is 0.678. The van der Waals surface area contributed by atoms with Crippen molar-refractivity contribution in [2.45, 2.75) is 24.7 Å². The summed E-state index contributed by atoms with van der Waals surface area (Å²) in [5.74, 6) is 2.74. The summed E-state index contributed by atoms with van der Waals surface area (Å²) >= 11 is 1.92. The third-order valence-corrected chi connectivity index (χ3v) is 3.32. The van der Waals surface area contributed by atoms with Crippen LogP contribution in [0.5, 0.6) is 5.75 Å². The van der Waals surface area contributed by atoms with Crippen LogP contribution in [0.2, 0.25) is 0 Å². The smallest absolute Gasteiger partial charge is 0.133 e. The predicted octanol–water partition coefficient (Wildman–Crippen LogP) is 3.29. The topological polar surface area (TPSA) is 9.23 Å². The fourth-order valence-electron chi connectivity index (χ4n) is 1.55. The van der Waals surface area contributed by atoms with Gasteiger partial charge in [-0.15, -0.1) is 11.8 Å². The van der Waals surface area contributed by atoms with E-state index in [9.17, 15) is 0 Å². The zero-order chi connectivity index (χ0) is 9.26. The van der Waals surface area contributed by atoms with E-state index in [1.54, 1.807) is 0 Å². The standard InChI is InChI=1S/C11H14OS/c1-8(2)9-4-3-5-10-11(9)13-7-6-12-10/h3-5,8H,6-7H2,1-2H3. The van der Waals surface area contributed by atoms with E-state index in [0.29, 0.717) is 5.92 Å². The van der Waals surface area contributed by atoms with Gasteiger partial charge in [0.25, 0.3) is 0 Å². The number of rotatable bonds is 1. The monoisotopic (exact) mass is 194 g/mol. The van der Waals surface area contributed by atoms with Crippen molar-refractivity contribution in [3.8, 4) is 5.75 Å². The van der Waals surface area contributed by atoms with Crippen LogP contribution in [0, 0.1) is 0 Å². The van der Waals surface area contributed by atoms with Gasteiger partial charge in [0.2, 0.25) is 0 Å². The molecule has 2 heteroatoms. The summed E-state index contributed by atoms with van der Waals surface area (Å²) in [7, 11) is 0. The van der Waals surface area contributed by atoms with Gasteiger partial charge in [-0.05, 0) is 17.5 Å². The van der Waals surface area contributed by atoms with Crippen molar-refractivity contribution in [3.05, 3.63) is 23.8 Å². The lowest BCUT2D eigenvalue weighted by Gasteiger charge is -2.20. The Balaban J connectivity index is 2.46. The van der Waals surface area contributed by atoms with E-state index in [-0.39, 0.29) is 0 Å². The number of thioether (sulfide) groups is 1. The van der Waals surface area contributed by atoms with Gasteiger partial charge in [0.15, 0.2) is 0 Å². The molecule has 13 heavy (non-hydrogen) atoms. The molecule has 0 unspecified atom stereocenters. The van der Waals surface area contributed by atoms with Gasteiger partial charge in [0.05, 0.1) is 11.5 Å². The first-order valence-electron chi connectivity index (χ1n) is 4.67. The number of ether oxygens (including phenoxy) is 1. The maximum atomic E-state index is 5.59. The summed E-state index contributed by atoms with van der Waals surface area (Å²) in [4.78, 5) is 1.35. The van der Waals surface area contributed by atoms with E-state index in [2.05, 4.69) is 32.0 Å². The van der Waals surface area contributed by atoms with Gasteiger partial charge in [0.1, 0.15) is 5.75 Å². The largest absolute Gasteiger partial charge is 0.492 e. The average molecular weight is 194 g/mol. The van der Waals surface area contributed by atoms with Crippen molar-refractivity contribution < 1.29 is 4.74 Å². The SMILES string of the molecule is CC(C)c1cccc2c1SCCO2. The Hall–Kier alpha value is -0.630. The molecule has 1 aromatic rings. The van der Waals surface area contributed by atoms with Gasteiger partial charge in [-0.2, -0.15) is 0 Å². The minimum atomic E-state index is 0.587. The highest BCUT2D eigenvalue weighted by Crippen LogP contribution is 2.38. The van der Waals surface area contributed by atoms with Crippen molar-refractivity contribution in [1.82, 2.24) is 0 Å². The van der Waals surface area contributed by atoms with Gasteiger partial charge in [-0.1, -0.05) is 26.0 Å². The number of benzene rings is 1.